The van der Waals surface area contributed by atoms with Gasteiger partial charge in [-0.05, 0) is 30.4 Å². The average Bonchev–Trinajstić information content (AvgIpc) is 2.78. The van der Waals surface area contributed by atoms with Crippen LogP contribution in [-0.2, 0) is 30.4 Å². The Bertz CT molecular complexity index is 823. The molecule has 3 atom stereocenters. The lowest BCUT2D eigenvalue weighted by Gasteiger charge is -2.21. The molecule has 0 aliphatic rings. The van der Waals surface area contributed by atoms with E-state index in [0.717, 1.165) is 5.56 Å². The molecule has 1 aromatic carbocycles. The quantitative estimate of drug-likeness (QED) is 0.179. The zero-order valence-corrected chi connectivity index (χ0v) is 19.2. The average molecular weight is 482 g/mol. The molecule has 3 unspecified atom stereocenters. The molecule has 0 bridgehead atoms. The van der Waals surface area contributed by atoms with E-state index in [4.69, 9.17) is 16.6 Å². The second kappa shape index (κ2) is 14.9. The second-order valence-corrected chi connectivity index (χ2v) is 8.31. The van der Waals surface area contributed by atoms with Crippen molar-refractivity contribution >= 4 is 41.4 Å². The lowest BCUT2D eigenvalue weighted by Crippen LogP contribution is -2.54. The van der Waals surface area contributed by atoms with E-state index in [2.05, 4.69) is 16.0 Å². The van der Waals surface area contributed by atoms with Crippen LogP contribution in [0, 0.1) is 0 Å². The minimum atomic E-state index is -1.33. The summed E-state index contributed by atoms with van der Waals surface area (Å²) in [5, 5.41) is 16.4. The van der Waals surface area contributed by atoms with Crippen LogP contribution >= 0.6 is 11.8 Å². The van der Waals surface area contributed by atoms with Crippen molar-refractivity contribution < 1.29 is 29.1 Å². The normalized spacial score (nSPS) is 13.3. The van der Waals surface area contributed by atoms with Crippen molar-refractivity contribution in [3.05, 3.63) is 35.9 Å². The van der Waals surface area contributed by atoms with Crippen LogP contribution in [0.4, 0.5) is 0 Å². The molecule has 0 radical (unpaired) electrons. The summed E-state index contributed by atoms with van der Waals surface area (Å²) in [6, 6.07) is 5.90. The SMILES string of the molecule is CSCCC(N)C(=O)NC(Cc1ccccc1)C(=O)NCC(=O)NC(CCC(N)=O)C(=O)O. The third-order valence-electron chi connectivity index (χ3n) is 4.62. The minimum absolute atomic E-state index is 0.172. The van der Waals surface area contributed by atoms with Crippen LogP contribution in [0.15, 0.2) is 30.3 Å². The summed E-state index contributed by atoms with van der Waals surface area (Å²) in [5.74, 6) is -3.21. The van der Waals surface area contributed by atoms with E-state index >= 15 is 0 Å². The number of thioether (sulfide) groups is 1. The molecule has 182 valence electrons. The van der Waals surface area contributed by atoms with Gasteiger partial charge in [-0.15, -0.1) is 0 Å². The van der Waals surface area contributed by atoms with E-state index in [9.17, 15) is 24.0 Å². The van der Waals surface area contributed by atoms with Gasteiger partial charge in [0.2, 0.25) is 23.6 Å². The lowest BCUT2D eigenvalue weighted by molar-refractivity contribution is -0.142. The third-order valence-corrected chi connectivity index (χ3v) is 5.27. The van der Waals surface area contributed by atoms with Crippen molar-refractivity contribution in [2.24, 2.45) is 11.5 Å². The zero-order chi connectivity index (χ0) is 24.8. The van der Waals surface area contributed by atoms with Crippen molar-refractivity contribution in [3.8, 4) is 0 Å². The fourth-order valence-electron chi connectivity index (χ4n) is 2.79. The Morgan fingerprint density at radius 1 is 1.00 bits per heavy atom. The number of amides is 4. The van der Waals surface area contributed by atoms with Crippen LogP contribution in [0.2, 0.25) is 0 Å². The Balaban J connectivity index is 2.75. The number of carbonyl (C=O) groups is 5. The molecule has 0 saturated carbocycles. The first kappa shape index (κ1) is 27.9. The van der Waals surface area contributed by atoms with Crippen LogP contribution in [0.3, 0.4) is 0 Å². The molecule has 0 fully saturated rings. The molecule has 4 amide bonds. The first-order chi connectivity index (χ1) is 15.6. The Morgan fingerprint density at radius 2 is 1.67 bits per heavy atom. The maximum absolute atomic E-state index is 12.7. The number of primary amides is 1. The molecular formula is C21H31N5O6S. The Kier molecular flexibility index (Phi) is 12.6. The number of carboxylic acid groups (broad SMARTS) is 1. The minimum Gasteiger partial charge on any atom is -0.480 e. The van der Waals surface area contributed by atoms with Gasteiger partial charge in [0, 0.05) is 12.8 Å². The summed E-state index contributed by atoms with van der Waals surface area (Å²) in [7, 11) is 0. The van der Waals surface area contributed by atoms with Crippen molar-refractivity contribution in [2.45, 2.75) is 43.8 Å². The van der Waals surface area contributed by atoms with Gasteiger partial charge in [-0.2, -0.15) is 11.8 Å². The first-order valence-electron chi connectivity index (χ1n) is 10.3. The van der Waals surface area contributed by atoms with Crippen molar-refractivity contribution in [1.29, 1.82) is 0 Å². The molecule has 8 N–H and O–H groups in total. The van der Waals surface area contributed by atoms with Crippen LogP contribution < -0.4 is 27.4 Å². The van der Waals surface area contributed by atoms with Crippen LogP contribution in [-0.4, -0.2) is 71.4 Å². The van der Waals surface area contributed by atoms with Gasteiger partial charge in [0.1, 0.15) is 12.1 Å². The highest BCUT2D eigenvalue weighted by Crippen LogP contribution is 2.05. The van der Waals surface area contributed by atoms with Crippen LogP contribution in [0.25, 0.3) is 0 Å². The van der Waals surface area contributed by atoms with Gasteiger partial charge in [0.25, 0.3) is 0 Å². The van der Waals surface area contributed by atoms with Crippen molar-refractivity contribution in [3.63, 3.8) is 0 Å². The summed E-state index contributed by atoms with van der Waals surface area (Å²) >= 11 is 1.55. The third kappa shape index (κ3) is 11.3. The number of hydrogen-bond donors (Lipinski definition) is 6. The highest BCUT2D eigenvalue weighted by atomic mass is 32.2. The second-order valence-electron chi connectivity index (χ2n) is 7.32. The molecule has 0 aromatic heterocycles. The van der Waals surface area contributed by atoms with Gasteiger partial charge in [0.05, 0.1) is 12.6 Å². The lowest BCUT2D eigenvalue weighted by atomic mass is 10.0. The standard InChI is InChI=1S/C21H31N5O6S/c1-33-10-9-14(22)19(29)26-16(11-13-5-3-2-4-6-13)20(30)24-12-18(28)25-15(21(31)32)7-8-17(23)27/h2-6,14-16H,7-12,22H2,1H3,(H2,23,27)(H,24,30)(H,25,28)(H,26,29)(H,31,32). The van der Waals surface area contributed by atoms with Gasteiger partial charge >= 0.3 is 5.97 Å². The predicted molar refractivity (Wildman–Crippen MR) is 124 cm³/mol. The fourth-order valence-corrected chi connectivity index (χ4v) is 3.28. The molecule has 1 aromatic rings. The number of carbonyl (C=O) groups excluding carboxylic acids is 4. The molecule has 11 nitrogen and oxygen atoms in total. The fraction of sp³-hybridized carbons (Fsp3) is 0.476. The van der Waals surface area contributed by atoms with Crippen LogP contribution in [0.1, 0.15) is 24.8 Å². The Labute approximate surface area is 196 Å². The van der Waals surface area contributed by atoms with E-state index in [-0.39, 0.29) is 19.3 Å². The number of hydrogen-bond acceptors (Lipinski definition) is 7. The van der Waals surface area contributed by atoms with E-state index in [1.807, 2.05) is 12.3 Å². The highest BCUT2D eigenvalue weighted by molar-refractivity contribution is 7.98. The molecule has 1 rings (SSSR count). The molecule has 0 spiro atoms. The van der Waals surface area contributed by atoms with E-state index in [1.165, 1.54) is 0 Å². The Morgan fingerprint density at radius 3 is 2.24 bits per heavy atom. The molecule has 0 aliphatic heterocycles. The molecule has 0 saturated heterocycles. The van der Waals surface area contributed by atoms with E-state index in [0.29, 0.717) is 12.2 Å². The number of aliphatic carboxylic acids is 1. The number of nitrogens with one attached hydrogen (secondary N) is 3. The molecule has 33 heavy (non-hydrogen) atoms. The maximum Gasteiger partial charge on any atom is 0.326 e. The number of rotatable bonds is 15. The highest BCUT2D eigenvalue weighted by Gasteiger charge is 2.25. The largest absolute Gasteiger partial charge is 0.480 e. The maximum atomic E-state index is 12.7. The first-order valence-corrected chi connectivity index (χ1v) is 11.7. The molecule has 0 aliphatic carbocycles. The van der Waals surface area contributed by atoms with E-state index < -0.39 is 54.3 Å². The topological polar surface area (TPSA) is 194 Å². The predicted octanol–water partition coefficient (Wildman–Crippen LogP) is -1.25. The summed E-state index contributed by atoms with van der Waals surface area (Å²) in [5.41, 5.74) is 11.7. The van der Waals surface area contributed by atoms with Gasteiger partial charge in [0.15, 0.2) is 0 Å². The molecular weight excluding hydrogens is 450 g/mol. The van der Waals surface area contributed by atoms with Gasteiger partial charge < -0.3 is 32.5 Å². The number of carboxylic acids is 1. The van der Waals surface area contributed by atoms with Gasteiger partial charge in [-0.3, -0.25) is 19.2 Å². The van der Waals surface area contributed by atoms with Gasteiger partial charge in [-0.1, -0.05) is 30.3 Å². The summed E-state index contributed by atoms with van der Waals surface area (Å²) < 4.78 is 0. The van der Waals surface area contributed by atoms with Crippen molar-refractivity contribution in [1.82, 2.24) is 16.0 Å². The van der Waals surface area contributed by atoms with E-state index in [1.54, 1.807) is 36.0 Å². The monoisotopic (exact) mass is 481 g/mol. The summed E-state index contributed by atoms with van der Waals surface area (Å²) in [6.07, 6.45) is 2.11. The molecule has 12 heteroatoms. The summed E-state index contributed by atoms with van der Waals surface area (Å²) in [6.45, 7) is -0.515. The zero-order valence-electron chi connectivity index (χ0n) is 18.4. The molecule has 0 heterocycles. The van der Waals surface area contributed by atoms with Crippen molar-refractivity contribution in [2.75, 3.05) is 18.6 Å². The smallest absolute Gasteiger partial charge is 0.326 e. The number of benzene rings is 1. The summed E-state index contributed by atoms with van der Waals surface area (Å²) in [4.78, 5) is 59.4. The van der Waals surface area contributed by atoms with Crippen LogP contribution in [0.5, 0.6) is 0 Å². The number of nitrogens with two attached hydrogens (primary N) is 2. The van der Waals surface area contributed by atoms with Gasteiger partial charge in [-0.25, -0.2) is 4.79 Å². The Hall–Kier alpha value is -3.12.